The van der Waals surface area contributed by atoms with Crippen molar-refractivity contribution in [1.82, 2.24) is 14.6 Å². The van der Waals surface area contributed by atoms with Crippen LogP contribution in [0.1, 0.15) is 35.1 Å². The molecule has 5 nitrogen and oxygen atoms in total. The lowest BCUT2D eigenvalue weighted by Gasteiger charge is -2.00. The van der Waals surface area contributed by atoms with Crippen LogP contribution in [-0.2, 0) is 0 Å². The first-order chi connectivity index (χ1) is 10.0. The van der Waals surface area contributed by atoms with Gasteiger partial charge in [0.05, 0.1) is 11.2 Å². The molecule has 0 aliphatic rings. The summed E-state index contributed by atoms with van der Waals surface area (Å²) in [6, 6.07) is 3.70. The number of thiophene rings is 1. The van der Waals surface area contributed by atoms with E-state index in [9.17, 15) is 4.79 Å². The van der Waals surface area contributed by atoms with Gasteiger partial charge in [0.2, 0.25) is 0 Å². The van der Waals surface area contributed by atoms with Gasteiger partial charge >= 0.3 is 5.97 Å². The number of nitrogens with zero attached hydrogens (tertiary/aromatic N) is 3. The van der Waals surface area contributed by atoms with E-state index in [0.29, 0.717) is 10.8 Å². The van der Waals surface area contributed by atoms with Crippen LogP contribution in [0.5, 0.6) is 0 Å². The van der Waals surface area contributed by atoms with Crippen molar-refractivity contribution in [3.8, 4) is 0 Å². The highest BCUT2D eigenvalue weighted by atomic mass is 32.2. The standard InChI is InChI=1S/C14H13N3O2S2/c1-8(2)10-6-11-13(15-3-4-17(11)16-10)21-9-5-12(14(18)19)20-7-9/h3-8H,1-2H3,(H,18,19). The number of carboxylic acid groups (broad SMARTS) is 1. The Kier molecular flexibility index (Phi) is 3.69. The minimum Gasteiger partial charge on any atom is -0.477 e. The average Bonchev–Trinajstić information content (AvgIpc) is 3.05. The lowest BCUT2D eigenvalue weighted by atomic mass is 10.1. The van der Waals surface area contributed by atoms with E-state index in [1.54, 1.807) is 12.3 Å². The summed E-state index contributed by atoms with van der Waals surface area (Å²) < 4.78 is 1.81. The lowest BCUT2D eigenvalue weighted by Crippen LogP contribution is -1.92. The second-order valence-electron chi connectivity index (χ2n) is 4.84. The van der Waals surface area contributed by atoms with Crippen LogP contribution < -0.4 is 0 Å². The van der Waals surface area contributed by atoms with Gasteiger partial charge in [0.25, 0.3) is 0 Å². The normalized spacial score (nSPS) is 11.4. The first-order valence-electron chi connectivity index (χ1n) is 6.38. The van der Waals surface area contributed by atoms with Gasteiger partial charge in [-0.1, -0.05) is 25.6 Å². The van der Waals surface area contributed by atoms with Crippen LogP contribution in [0.25, 0.3) is 5.52 Å². The lowest BCUT2D eigenvalue weighted by molar-refractivity contribution is 0.0702. The second kappa shape index (κ2) is 5.50. The van der Waals surface area contributed by atoms with Gasteiger partial charge in [-0.2, -0.15) is 5.10 Å². The molecule has 0 radical (unpaired) electrons. The van der Waals surface area contributed by atoms with Gasteiger partial charge in [-0.3, -0.25) is 0 Å². The molecular formula is C14H13N3O2S2. The number of carboxylic acids is 1. The summed E-state index contributed by atoms with van der Waals surface area (Å²) in [4.78, 5) is 16.5. The Hall–Kier alpha value is -1.86. The number of carbonyl (C=O) groups is 1. The maximum absolute atomic E-state index is 10.9. The molecule has 3 heterocycles. The van der Waals surface area contributed by atoms with E-state index < -0.39 is 5.97 Å². The molecule has 0 saturated heterocycles. The Bertz CT molecular complexity index is 808. The van der Waals surface area contributed by atoms with Crippen LogP contribution in [-0.4, -0.2) is 25.7 Å². The van der Waals surface area contributed by atoms with Crippen LogP contribution >= 0.6 is 23.1 Å². The minimum atomic E-state index is -0.899. The molecule has 0 aliphatic heterocycles. The van der Waals surface area contributed by atoms with E-state index in [1.807, 2.05) is 22.2 Å². The molecule has 7 heteroatoms. The number of fused-ring (bicyclic) bond motifs is 1. The summed E-state index contributed by atoms with van der Waals surface area (Å²) in [5.41, 5.74) is 1.95. The van der Waals surface area contributed by atoms with E-state index in [0.717, 1.165) is 21.1 Å². The molecule has 0 fully saturated rings. The fourth-order valence-electron chi connectivity index (χ4n) is 1.87. The Morgan fingerprint density at radius 2 is 2.24 bits per heavy atom. The van der Waals surface area contributed by atoms with E-state index in [1.165, 1.54) is 23.1 Å². The number of aromatic carboxylic acids is 1. The molecule has 0 spiro atoms. The molecule has 1 N–H and O–H groups in total. The third-order valence-electron chi connectivity index (χ3n) is 2.97. The van der Waals surface area contributed by atoms with Crippen molar-refractivity contribution in [2.24, 2.45) is 0 Å². The van der Waals surface area contributed by atoms with Crippen molar-refractivity contribution in [1.29, 1.82) is 0 Å². The van der Waals surface area contributed by atoms with Gasteiger partial charge in [0, 0.05) is 22.7 Å². The molecule has 0 atom stereocenters. The molecule has 3 rings (SSSR count). The van der Waals surface area contributed by atoms with E-state index in [-0.39, 0.29) is 0 Å². The van der Waals surface area contributed by atoms with E-state index in [4.69, 9.17) is 5.11 Å². The van der Waals surface area contributed by atoms with Crippen LogP contribution in [0, 0.1) is 0 Å². The summed E-state index contributed by atoms with van der Waals surface area (Å²) in [6.07, 6.45) is 3.53. The number of aromatic nitrogens is 3. The highest BCUT2D eigenvalue weighted by Gasteiger charge is 2.13. The molecule has 0 aromatic carbocycles. The topological polar surface area (TPSA) is 67.5 Å². The van der Waals surface area contributed by atoms with Crippen LogP contribution in [0.3, 0.4) is 0 Å². The first kappa shape index (κ1) is 14.1. The summed E-state index contributed by atoms with van der Waals surface area (Å²) in [7, 11) is 0. The zero-order valence-electron chi connectivity index (χ0n) is 11.5. The molecule has 0 amide bonds. The van der Waals surface area contributed by atoms with Gasteiger partial charge in [0.1, 0.15) is 9.90 Å². The zero-order chi connectivity index (χ0) is 15.0. The van der Waals surface area contributed by atoms with Crippen molar-refractivity contribution in [2.75, 3.05) is 0 Å². The predicted octanol–water partition coefficient (Wildman–Crippen LogP) is 3.76. The predicted molar refractivity (Wildman–Crippen MR) is 82.5 cm³/mol. The highest BCUT2D eigenvalue weighted by Crippen LogP contribution is 2.33. The monoisotopic (exact) mass is 319 g/mol. The Balaban J connectivity index is 1.97. The molecule has 3 aromatic rings. The zero-order valence-corrected chi connectivity index (χ0v) is 13.1. The van der Waals surface area contributed by atoms with Gasteiger partial charge in [0.15, 0.2) is 0 Å². The van der Waals surface area contributed by atoms with Crippen molar-refractivity contribution in [3.05, 3.63) is 40.5 Å². The van der Waals surface area contributed by atoms with Crippen LogP contribution in [0.2, 0.25) is 0 Å². The third kappa shape index (κ3) is 2.79. The molecule has 0 aliphatic carbocycles. The average molecular weight is 319 g/mol. The van der Waals surface area contributed by atoms with Gasteiger partial charge < -0.3 is 5.11 Å². The van der Waals surface area contributed by atoms with Crippen LogP contribution in [0.4, 0.5) is 0 Å². The quantitative estimate of drug-likeness (QED) is 0.793. The molecule has 0 saturated carbocycles. The van der Waals surface area contributed by atoms with E-state index in [2.05, 4.69) is 23.9 Å². The summed E-state index contributed by atoms with van der Waals surface area (Å²) in [6.45, 7) is 4.19. The second-order valence-corrected chi connectivity index (χ2v) is 6.81. The molecule has 108 valence electrons. The number of rotatable bonds is 4. The van der Waals surface area contributed by atoms with Crippen molar-refractivity contribution in [2.45, 2.75) is 29.7 Å². The van der Waals surface area contributed by atoms with Gasteiger partial charge in [-0.05, 0) is 18.1 Å². The Morgan fingerprint density at radius 1 is 1.43 bits per heavy atom. The Morgan fingerprint density at radius 3 is 2.90 bits per heavy atom. The molecule has 3 aromatic heterocycles. The van der Waals surface area contributed by atoms with Crippen LogP contribution in [0.15, 0.2) is 39.8 Å². The van der Waals surface area contributed by atoms with Gasteiger partial charge in [-0.15, -0.1) is 11.3 Å². The largest absolute Gasteiger partial charge is 0.477 e. The SMILES string of the molecule is CC(C)c1cc2c(Sc3csc(C(=O)O)c3)nccn2n1. The maximum Gasteiger partial charge on any atom is 0.345 e. The third-order valence-corrected chi connectivity index (χ3v) is 5.01. The summed E-state index contributed by atoms with van der Waals surface area (Å²) >= 11 is 2.68. The number of hydrogen-bond donors (Lipinski definition) is 1. The summed E-state index contributed by atoms with van der Waals surface area (Å²) in [5.74, 6) is -0.549. The highest BCUT2D eigenvalue weighted by molar-refractivity contribution is 7.99. The first-order valence-corrected chi connectivity index (χ1v) is 8.08. The smallest absolute Gasteiger partial charge is 0.345 e. The summed E-state index contributed by atoms with van der Waals surface area (Å²) in [5, 5.41) is 16.1. The van der Waals surface area contributed by atoms with E-state index >= 15 is 0 Å². The molecule has 0 bridgehead atoms. The fourth-order valence-corrected chi connectivity index (χ4v) is 3.66. The molecular weight excluding hydrogens is 306 g/mol. The van der Waals surface area contributed by atoms with Crippen molar-refractivity contribution >= 4 is 34.6 Å². The maximum atomic E-state index is 10.9. The minimum absolute atomic E-state index is 0.334. The number of hydrogen-bond acceptors (Lipinski definition) is 5. The Labute approximate surface area is 129 Å². The molecule has 0 unspecified atom stereocenters. The van der Waals surface area contributed by atoms with Crippen molar-refractivity contribution in [3.63, 3.8) is 0 Å². The van der Waals surface area contributed by atoms with Gasteiger partial charge in [-0.25, -0.2) is 14.3 Å². The van der Waals surface area contributed by atoms with Crippen molar-refractivity contribution < 1.29 is 9.90 Å². The molecule has 21 heavy (non-hydrogen) atoms. The fraction of sp³-hybridized carbons (Fsp3) is 0.214.